The standard InChI is InChI=1S/C21H26N2O5S/c1-20(2,15-12-8-6-5-7-11(12)9-10-28-15)19(27)22-13-16(24)23-14(18(25)26)21(3,4)29-17(13)23/h5-8,13-15,17H,9-10H2,1-4H3,(H,22,27)(H,25,26)/t13-,14+,15?,17-/m1/s1. The Labute approximate surface area is 174 Å². The van der Waals surface area contributed by atoms with Crippen LogP contribution in [0.15, 0.2) is 24.3 Å². The number of fused-ring (bicyclic) bond motifs is 2. The third-order valence-corrected chi connectivity index (χ3v) is 7.77. The maximum atomic E-state index is 13.2. The second kappa shape index (κ2) is 6.74. The van der Waals surface area contributed by atoms with Gasteiger partial charge in [-0.2, -0.15) is 0 Å². The van der Waals surface area contributed by atoms with Crippen molar-refractivity contribution in [2.45, 2.75) is 62.4 Å². The number of nitrogens with one attached hydrogen (secondary N) is 1. The molecule has 0 aliphatic carbocycles. The molecule has 2 amide bonds. The highest BCUT2D eigenvalue weighted by atomic mass is 32.2. The lowest BCUT2D eigenvalue weighted by Gasteiger charge is -2.45. The van der Waals surface area contributed by atoms with Crippen molar-refractivity contribution in [2.24, 2.45) is 5.41 Å². The Morgan fingerprint density at radius 3 is 2.69 bits per heavy atom. The molecule has 8 heteroatoms. The number of carboxylic acids is 1. The number of carbonyl (C=O) groups is 3. The first-order valence-electron chi connectivity index (χ1n) is 9.79. The molecule has 0 saturated carbocycles. The Balaban J connectivity index is 1.52. The van der Waals surface area contributed by atoms with Crippen LogP contribution in [-0.4, -0.2) is 56.6 Å². The zero-order chi connectivity index (χ0) is 21.1. The summed E-state index contributed by atoms with van der Waals surface area (Å²) in [6.07, 6.45) is 0.406. The number of carboxylic acid groups (broad SMARTS) is 1. The van der Waals surface area contributed by atoms with Crippen molar-refractivity contribution >= 4 is 29.5 Å². The predicted octanol–water partition coefficient (Wildman–Crippen LogP) is 1.96. The maximum absolute atomic E-state index is 13.2. The number of ether oxygens (including phenoxy) is 1. The molecule has 2 saturated heterocycles. The summed E-state index contributed by atoms with van der Waals surface area (Å²) in [6, 6.07) is 6.35. The van der Waals surface area contributed by atoms with Crippen LogP contribution in [0, 0.1) is 5.41 Å². The summed E-state index contributed by atoms with van der Waals surface area (Å²) in [5, 5.41) is 12.1. The number of thioether (sulfide) groups is 1. The molecule has 7 nitrogen and oxygen atoms in total. The number of hydrogen-bond donors (Lipinski definition) is 2. The van der Waals surface area contributed by atoms with Gasteiger partial charge in [0.05, 0.1) is 18.1 Å². The molecule has 3 heterocycles. The number of benzene rings is 1. The van der Waals surface area contributed by atoms with E-state index in [0.717, 1.165) is 12.0 Å². The first kappa shape index (κ1) is 20.2. The van der Waals surface area contributed by atoms with Crippen molar-refractivity contribution in [1.82, 2.24) is 10.2 Å². The third-order valence-electron chi connectivity index (χ3n) is 6.20. The number of amides is 2. The van der Waals surface area contributed by atoms with Gasteiger partial charge in [-0.25, -0.2) is 4.79 Å². The minimum atomic E-state index is -1.02. The molecule has 4 atom stereocenters. The number of rotatable bonds is 4. The molecule has 3 aliphatic rings. The van der Waals surface area contributed by atoms with Gasteiger partial charge in [0.2, 0.25) is 11.8 Å². The summed E-state index contributed by atoms with van der Waals surface area (Å²) in [5.41, 5.74) is 1.29. The van der Waals surface area contributed by atoms with Gasteiger partial charge in [0.1, 0.15) is 17.5 Å². The molecule has 0 bridgehead atoms. The van der Waals surface area contributed by atoms with Crippen molar-refractivity contribution in [3.05, 3.63) is 35.4 Å². The molecule has 1 aromatic carbocycles. The first-order valence-corrected chi connectivity index (χ1v) is 10.7. The van der Waals surface area contributed by atoms with Gasteiger partial charge in [-0.3, -0.25) is 9.59 Å². The highest BCUT2D eigenvalue weighted by Crippen LogP contribution is 2.51. The van der Waals surface area contributed by atoms with Crippen LogP contribution in [-0.2, 0) is 25.5 Å². The summed E-state index contributed by atoms with van der Waals surface area (Å²) in [5.74, 6) is -1.63. The number of aliphatic carboxylic acids is 1. The number of nitrogens with zero attached hydrogens (tertiary/aromatic N) is 1. The molecule has 0 aromatic heterocycles. The molecule has 4 rings (SSSR count). The Bertz CT molecular complexity index is 884. The topological polar surface area (TPSA) is 95.9 Å². The van der Waals surface area contributed by atoms with E-state index in [1.54, 1.807) is 0 Å². The van der Waals surface area contributed by atoms with Gasteiger partial charge in [-0.1, -0.05) is 24.3 Å². The zero-order valence-electron chi connectivity index (χ0n) is 17.0. The predicted molar refractivity (Wildman–Crippen MR) is 108 cm³/mol. The van der Waals surface area contributed by atoms with E-state index < -0.39 is 34.3 Å². The Kier molecular flexibility index (Phi) is 4.70. The second-order valence-corrected chi connectivity index (χ2v) is 10.7. The van der Waals surface area contributed by atoms with Crippen LogP contribution in [0.4, 0.5) is 0 Å². The van der Waals surface area contributed by atoms with Gasteiger partial charge in [0.25, 0.3) is 0 Å². The fraction of sp³-hybridized carbons (Fsp3) is 0.571. The van der Waals surface area contributed by atoms with Crippen LogP contribution < -0.4 is 5.32 Å². The molecule has 0 radical (unpaired) electrons. The van der Waals surface area contributed by atoms with E-state index in [0.29, 0.717) is 6.61 Å². The molecular weight excluding hydrogens is 392 g/mol. The van der Waals surface area contributed by atoms with Gasteiger partial charge in [0.15, 0.2) is 0 Å². The van der Waals surface area contributed by atoms with Crippen molar-refractivity contribution in [3.8, 4) is 0 Å². The summed E-state index contributed by atoms with van der Waals surface area (Å²) >= 11 is 1.42. The van der Waals surface area contributed by atoms with Crippen LogP contribution >= 0.6 is 11.8 Å². The smallest absolute Gasteiger partial charge is 0.327 e. The molecule has 1 unspecified atom stereocenters. The van der Waals surface area contributed by atoms with Crippen LogP contribution in [0.1, 0.15) is 44.9 Å². The average molecular weight is 419 g/mol. The van der Waals surface area contributed by atoms with E-state index >= 15 is 0 Å². The van der Waals surface area contributed by atoms with Crippen LogP contribution in [0.2, 0.25) is 0 Å². The minimum Gasteiger partial charge on any atom is -0.480 e. The molecule has 0 spiro atoms. The van der Waals surface area contributed by atoms with Crippen molar-refractivity contribution in [3.63, 3.8) is 0 Å². The molecule has 1 aromatic rings. The normalized spacial score (nSPS) is 30.2. The van der Waals surface area contributed by atoms with E-state index in [1.165, 1.54) is 22.2 Å². The van der Waals surface area contributed by atoms with Crippen molar-refractivity contribution in [2.75, 3.05) is 6.61 Å². The van der Waals surface area contributed by atoms with Crippen LogP contribution in [0.3, 0.4) is 0 Å². The quantitative estimate of drug-likeness (QED) is 0.726. The van der Waals surface area contributed by atoms with Crippen molar-refractivity contribution < 1.29 is 24.2 Å². The number of hydrogen-bond acceptors (Lipinski definition) is 5. The van der Waals surface area contributed by atoms with Gasteiger partial charge >= 0.3 is 5.97 Å². The number of β-lactam (4-membered cyclic amide) rings is 1. The second-order valence-electron chi connectivity index (χ2n) is 8.97. The SMILES string of the molecule is CC(C)(C(=O)N[C@@H]1C(=O)N2[C@@H]1SC(C)(C)[C@@H]2C(=O)O)C1OCCc2ccccc21. The van der Waals surface area contributed by atoms with Gasteiger partial charge < -0.3 is 20.1 Å². The lowest BCUT2D eigenvalue weighted by Crippen LogP contribution is -2.71. The molecule has 156 valence electrons. The number of carbonyl (C=O) groups excluding carboxylic acids is 2. The third kappa shape index (κ3) is 3.04. The maximum Gasteiger partial charge on any atom is 0.327 e. The van der Waals surface area contributed by atoms with E-state index in [-0.39, 0.29) is 17.2 Å². The summed E-state index contributed by atoms with van der Waals surface area (Å²) in [6.45, 7) is 7.82. The molecule has 29 heavy (non-hydrogen) atoms. The Morgan fingerprint density at radius 2 is 2.00 bits per heavy atom. The lowest BCUT2D eigenvalue weighted by molar-refractivity contribution is -0.162. The fourth-order valence-electron chi connectivity index (χ4n) is 4.58. The van der Waals surface area contributed by atoms with E-state index in [1.807, 2.05) is 45.9 Å². The van der Waals surface area contributed by atoms with Gasteiger partial charge in [-0.05, 0) is 45.2 Å². The van der Waals surface area contributed by atoms with E-state index in [2.05, 4.69) is 11.4 Å². The largest absolute Gasteiger partial charge is 0.480 e. The summed E-state index contributed by atoms with van der Waals surface area (Å²) in [4.78, 5) is 38.9. The Morgan fingerprint density at radius 1 is 1.31 bits per heavy atom. The van der Waals surface area contributed by atoms with E-state index in [9.17, 15) is 19.5 Å². The van der Waals surface area contributed by atoms with Crippen LogP contribution in [0.25, 0.3) is 0 Å². The Hall–Kier alpha value is -2.06. The fourth-order valence-corrected chi connectivity index (χ4v) is 6.21. The molecule has 3 aliphatic heterocycles. The van der Waals surface area contributed by atoms with Crippen LogP contribution in [0.5, 0.6) is 0 Å². The van der Waals surface area contributed by atoms with Crippen molar-refractivity contribution in [1.29, 1.82) is 0 Å². The molecule has 2 fully saturated rings. The van der Waals surface area contributed by atoms with Gasteiger partial charge in [0, 0.05) is 4.75 Å². The lowest BCUT2D eigenvalue weighted by atomic mass is 9.78. The zero-order valence-corrected chi connectivity index (χ0v) is 17.8. The highest BCUT2D eigenvalue weighted by molar-refractivity contribution is 8.01. The highest BCUT2D eigenvalue weighted by Gasteiger charge is 2.64. The monoisotopic (exact) mass is 418 g/mol. The minimum absolute atomic E-state index is 0.269. The molecule has 2 N–H and O–H groups in total. The summed E-state index contributed by atoms with van der Waals surface area (Å²) < 4.78 is 5.36. The summed E-state index contributed by atoms with van der Waals surface area (Å²) in [7, 11) is 0. The van der Waals surface area contributed by atoms with Gasteiger partial charge in [-0.15, -0.1) is 11.8 Å². The van der Waals surface area contributed by atoms with E-state index in [4.69, 9.17) is 4.74 Å². The molecular formula is C21H26N2O5S. The average Bonchev–Trinajstić information content (AvgIpc) is 2.93. The first-order chi connectivity index (χ1) is 13.6.